The monoisotopic (exact) mass is 213 g/mol. The zero-order valence-electron chi connectivity index (χ0n) is 9.36. The Balaban J connectivity index is 2.31. The van der Waals surface area contributed by atoms with Crippen LogP contribution in [0.15, 0.2) is 22.8 Å². The Hall–Kier alpha value is -0.840. The van der Waals surface area contributed by atoms with E-state index in [0.717, 1.165) is 12.3 Å². The number of ether oxygens (including phenoxy) is 2. The SMILES string of the molecule is CCNC(COCCOC)c1ccco1. The average molecular weight is 213 g/mol. The van der Waals surface area contributed by atoms with Crippen LogP contribution in [0.4, 0.5) is 0 Å². The van der Waals surface area contributed by atoms with E-state index >= 15 is 0 Å². The van der Waals surface area contributed by atoms with Crippen LogP contribution in [0.1, 0.15) is 18.7 Å². The summed E-state index contributed by atoms with van der Waals surface area (Å²) in [7, 11) is 1.66. The Morgan fingerprint density at radius 1 is 1.47 bits per heavy atom. The van der Waals surface area contributed by atoms with E-state index in [9.17, 15) is 0 Å². The lowest BCUT2D eigenvalue weighted by Crippen LogP contribution is -2.25. The quantitative estimate of drug-likeness (QED) is 0.666. The van der Waals surface area contributed by atoms with Gasteiger partial charge in [0.1, 0.15) is 5.76 Å². The van der Waals surface area contributed by atoms with Crippen LogP contribution >= 0.6 is 0 Å². The highest BCUT2D eigenvalue weighted by atomic mass is 16.5. The number of furan rings is 1. The molecule has 1 unspecified atom stereocenters. The van der Waals surface area contributed by atoms with E-state index < -0.39 is 0 Å². The lowest BCUT2D eigenvalue weighted by Gasteiger charge is -2.15. The van der Waals surface area contributed by atoms with Crippen molar-refractivity contribution in [3.05, 3.63) is 24.2 Å². The molecule has 0 spiro atoms. The Kier molecular flexibility index (Phi) is 6.08. The fourth-order valence-electron chi connectivity index (χ4n) is 1.32. The molecular formula is C11H19NO3. The number of nitrogens with one attached hydrogen (secondary N) is 1. The van der Waals surface area contributed by atoms with Gasteiger partial charge in [0.15, 0.2) is 0 Å². The van der Waals surface area contributed by atoms with Crippen molar-refractivity contribution >= 4 is 0 Å². The lowest BCUT2D eigenvalue weighted by molar-refractivity contribution is 0.0557. The van der Waals surface area contributed by atoms with Crippen LogP contribution in [0, 0.1) is 0 Å². The molecule has 0 bridgehead atoms. The zero-order valence-corrected chi connectivity index (χ0v) is 9.36. The molecule has 1 N–H and O–H groups in total. The molecule has 0 saturated carbocycles. The van der Waals surface area contributed by atoms with Crippen LogP contribution in [0.3, 0.4) is 0 Å². The first-order valence-corrected chi connectivity index (χ1v) is 5.22. The van der Waals surface area contributed by atoms with Gasteiger partial charge in [-0.3, -0.25) is 0 Å². The standard InChI is InChI=1S/C11H19NO3/c1-3-12-10(9-14-8-7-13-2)11-5-4-6-15-11/h4-6,10,12H,3,7-9H2,1-2H3. The summed E-state index contributed by atoms with van der Waals surface area (Å²) in [5.41, 5.74) is 0. The minimum absolute atomic E-state index is 0.127. The van der Waals surface area contributed by atoms with Crippen LogP contribution < -0.4 is 5.32 Å². The molecule has 0 aliphatic heterocycles. The van der Waals surface area contributed by atoms with Crippen molar-refractivity contribution < 1.29 is 13.9 Å². The van der Waals surface area contributed by atoms with E-state index in [1.165, 1.54) is 0 Å². The van der Waals surface area contributed by atoms with Crippen LogP contribution in [-0.4, -0.2) is 33.5 Å². The fraction of sp³-hybridized carbons (Fsp3) is 0.636. The first-order valence-electron chi connectivity index (χ1n) is 5.22. The van der Waals surface area contributed by atoms with Gasteiger partial charge in [-0.15, -0.1) is 0 Å². The van der Waals surface area contributed by atoms with Crippen molar-refractivity contribution in [3.63, 3.8) is 0 Å². The van der Waals surface area contributed by atoms with E-state index in [4.69, 9.17) is 13.9 Å². The van der Waals surface area contributed by atoms with Gasteiger partial charge < -0.3 is 19.2 Å². The first kappa shape index (κ1) is 12.2. The summed E-state index contributed by atoms with van der Waals surface area (Å²) in [4.78, 5) is 0. The first-order chi connectivity index (χ1) is 7.38. The summed E-state index contributed by atoms with van der Waals surface area (Å²) in [5, 5.41) is 3.30. The smallest absolute Gasteiger partial charge is 0.123 e. The summed E-state index contributed by atoms with van der Waals surface area (Å²) >= 11 is 0. The van der Waals surface area contributed by atoms with Gasteiger partial charge in [0.05, 0.1) is 32.1 Å². The van der Waals surface area contributed by atoms with Crippen LogP contribution in [0.5, 0.6) is 0 Å². The van der Waals surface area contributed by atoms with Crippen LogP contribution in [0.25, 0.3) is 0 Å². The third kappa shape index (κ3) is 4.46. The molecule has 0 aliphatic rings. The molecule has 15 heavy (non-hydrogen) atoms. The van der Waals surface area contributed by atoms with Gasteiger partial charge in [-0.05, 0) is 18.7 Å². The molecule has 4 heteroatoms. The van der Waals surface area contributed by atoms with Crippen LogP contribution in [0.2, 0.25) is 0 Å². The predicted octanol–water partition coefficient (Wildman–Crippen LogP) is 1.59. The maximum atomic E-state index is 5.47. The Morgan fingerprint density at radius 3 is 2.93 bits per heavy atom. The maximum Gasteiger partial charge on any atom is 0.123 e. The maximum absolute atomic E-state index is 5.47. The average Bonchev–Trinajstić information content (AvgIpc) is 2.76. The molecule has 0 radical (unpaired) electrons. The minimum atomic E-state index is 0.127. The van der Waals surface area contributed by atoms with Crippen molar-refractivity contribution in [3.8, 4) is 0 Å². The normalized spacial score (nSPS) is 12.9. The molecule has 1 rings (SSSR count). The molecule has 1 aromatic heterocycles. The zero-order chi connectivity index (χ0) is 10.9. The number of methoxy groups -OCH3 is 1. The number of hydrogen-bond acceptors (Lipinski definition) is 4. The van der Waals surface area contributed by atoms with Crippen molar-refractivity contribution in [2.75, 3.05) is 33.5 Å². The van der Waals surface area contributed by atoms with E-state index in [0.29, 0.717) is 19.8 Å². The number of rotatable bonds is 8. The second kappa shape index (κ2) is 7.45. The summed E-state index contributed by atoms with van der Waals surface area (Å²) in [5.74, 6) is 0.911. The number of likely N-dealkylation sites (N-methyl/N-ethyl adjacent to an activating group) is 1. The van der Waals surface area contributed by atoms with Gasteiger partial charge >= 0.3 is 0 Å². The van der Waals surface area contributed by atoms with Gasteiger partial charge in [-0.25, -0.2) is 0 Å². The highest BCUT2D eigenvalue weighted by molar-refractivity contribution is 5.04. The third-order valence-electron chi connectivity index (χ3n) is 2.05. The molecule has 0 amide bonds. The molecule has 0 aromatic carbocycles. The second-order valence-electron chi connectivity index (χ2n) is 3.19. The molecular weight excluding hydrogens is 194 g/mol. The van der Waals surface area contributed by atoms with Crippen molar-refractivity contribution in [1.82, 2.24) is 5.32 Å². The molecule has 1 atom stereocenters. The summed E-state index contributed by atoms with van der Waals surface area (Å²) in [6.07, 6.45) is 1.68. The Morgan fingerprint density at radius 2 is 2.33 bits per heavy atom. The summed E-state index contributed by atoms with van der Waals surface area (Å²) in [6.45, 7) is 4.78. The molecule has 1 heterocycles. The molecule has 86 valence electrons. The largest absolute Gasteiger partial charge is 0.468 e. The topological polar surface area (TPSA) is 43.6 Å². The van der Waals surface area contributed by atoms with Gasteiger partial charge in [0.25, 0.3) is 0 Å². The Bertz CT molecular complexity index is 236. The third-order valence-corrected chi connectivity index (χ3v) is 2.05. The van der Waals surface area contributed by atoms with Crippen molar-refractivity contribution in [2.24, 2.45) is 0 Å². The van der Waals surface area contributed by atoms with Gasteiger partial charge in [0, 0.05) is 7.11 Å². The van der Waals surface area contributed by atoms with E-state index in [1.54, 1.807) is 13.4 Å². The van der Waals surface area contributed by atoms with Gasteiger partial charge in [0.2, 0.25) is 0 Å². The second-order valence-corrected chi connectivity index (χ2v) is 3.19. The van der Waals surface area contributed by atoms with Crippen molar-refractivity contribution in [1.29, 1.82) is 0 Å². The molecule has 0 aliphatic carbocycles. The highest BCUT2D eigenvalue weighted by Crippen LogP contribution is 2.13. The lowest BCUT2D eigenvalue weighted by atomic mass is 10.2. The van der Waals surface area contributed by atoms with Crippen LogP contribution in [-0.2, 0) is 9.47 Å². The van der Waals surface area contributed by atoms with E-state index in [-0.39, 0.29) is 6.04 Å². The summed E-state index contributed by atoms with van der Waals surface area (Å²) < 4.78 is 15.7. The van der Waals surface area contributed by atoms with Crippen molar-refractivity contribution in [2.45, 2.75) is 13.0 Å². The molecule has 1 aromatic rings. The van der Waals surface area contributed by atoms with E-state index in [1.807, 2.05) is 12.1 Å². The molecule has 0 saturated heterocycles. The fourth-order valence-corrected chi connectivity index (χ4v) is 1.32. The molecule has 4 nitrogen and oxygen atoms in total. The van der Waals surface area contributed by atoms with Gasteiger partial charge in [-0.2, -0.15) is 0 Å². The Labute approximate surface area is 90.6 Å². The number of hydrogen-bond donors (Lipinski definition) is 1. The predicted molar refractivity (Wildman–Crippen MR) is 57.8 cm³/mol. The summed E-state index contributed by atoms with van der Waals surface area (Å²) in [6, 6.07) is 3.96. The molecule has 0 fully saturated rings. The van der Waals surface area contributed by atoms with Gasteiger partial charge in [-0.1, -0.05) is 6.92 Å². The minimum Gasteiger partial charge on any atom is -0.468 e. The highest BCUT2D eigenvalue weighted by Gasteiger charge is 2.12. The van der Waals surface area contributed by atoms with E-state index in [2.05, 4.69) is 12.2 Å².